The van der Waals surface area contributed by atoms with Crippen molar-refractivity contribution in [3.05, 3.63) is 53.5 Å². The van der Waals surface area contributed by atoms with Crippen LogP contribution in [0.25, 0.3) is 0 Å². The molecule has 0 bridgehead atoms. The summed E-state index contributed by atoms with van der Waals surface area (Å²) in [5, 5.41) is 0. The molecule has 2 rings (SSSR count). The molecule has 6 nitrogen and oxygen atoms in total. The van der Waals surface area contributed by atoms with Gasteiger partial charge in [0, 0.05) is 6.42 Å². The minimum absolute atomic E-state index is 0.259. The highest BCUT2D eigenvalue weighted by molar-refractivity contribution is 5.96. The third-order valence-electron chi connectivity index (χ3n) is 3.22. The molecule has 116 valence electrons. The van der Waals surface area contributed by atoms with Crippen LogP contribution >= 0.6 is 0 Å². The molecule has 0 saturated heterocycles. The lowest BCUT2D eigenvalue weighted by Crippen LogP contribution is -2.41. The summed E-state index contributed by atoms with van der Waals surface area (Å²) < 4.78 is 10.1. The smallest absolute Gasteiger partial charge is 0.273 e. The zero-order valence-electron chi connectivity index (χ0n) is 12.5. The van der Waals surface area contributed by atoms with Gasteiger partial charge in [-0.3, -0.25) is 20.4 Å². The molecule has 0 saturated carbocycles. The lowest BCUT2D eigenvalue weighted by molar-refractivity contribution is -0.121. The Morgan fingerprint density at radius 3 is 2.45 bits per heavy atom. The number of hydrogen-bond acceptors (Lipinski definition) is 4. The summed E-state index contributed by atoms with van der Waals surface area (Å²) in [6, 6.07) is 9.04. The average molecular weight is 302 g/mol. The van der Waals surface area contributed by atoms with E-state index in [1.807, 2.05) is 24.3 Å². The second-order valence-electron chi connectivity index (χ2n) is 4.74. The van der Waals surface area contributed by atoms with E-state index < -0.39 is 5.91 Å². The Hall–Kier alpha value is -2.76. The summed E-state index contributed by atoms with van der Waals surface area (Å²) >= 11 is 0. The second kappa shape index (κ2) is 7.31. The fourth-order valence-corrected chi connectivity index (χ4v) is 1.93. The molecule has 0 atom stereocenters. The van der Waals surface area contributed by atoms with Gasteiger partial charge in [-0.25, -0.2) is 0 Å². The Balaban J connectivity index is 1.76. The number of carbonyl (C=O) groups excluding carboxylic acids is 2. The molecule has 0 fully saturated rings. The van der Waals surface area contributed by atoms with Crippen LogP contribution in [0.15, 0.2) is 41.0 Å². The maximum absolute atomic E-state index is 11.8. The molecule has 0 aliphatic heterocycles. The molecule has 0 radical (unpaired) electrons. The Morgan fingerprint density at radius 2 is 1.86 bits per heavy atom. The zero-order chi connectivity index (χ0) is 15.9. The van der Waals surface area contributed by atoms with Crippen molar-refractivity contribution >= 4 is 11.8 Å². The van der Waals surface area contributed by atoms with Gasteiger partial charge in [0.05, 0.1) is 18.9 Å². The number of rotatable bonds is 5. The number of benzene rings is 1. The second-order valence-corrected chi connectivity index (χ2v) is 4.74. The van der Waals surface area contributed by atoms with Crippen molar-refractivity contribution < 1.29 is 18.7 Å². The van der Waals surface area contributed by atoms with E-state index >= 15 is 0 Å². The minimum Gasteiger partial charge on any atom is -0.497 e. The largest absolute Gasteiger partial charge is 0.497 e. The maximum atomic E-state index is 11.8. The van der Waals surface area contributed by atoms with Crippen molar-refractivity contribution in [2.75, 3.05) is 7.11 Å². The highest BCUT2D eigenvalue weighted by Gasteiger charge is 2.12. The highest BCUT2D eigenvalue weighted by Crippen LogP contribution is 2.12. The van der Waals surface area contributed by atoms with Gasteiger partial charge in [0.2, 0.25) is 5.91 Å². The van der Waals surface area contributed by atoms with Crippen LogP contribution in [0.1, 0.15) is 28.1 Å². The van der Waals surface area contributed by atoms with E-state index in [1.54, 1.807) is 20.1 Å². The van der Waals surface area contributed by atoms with Crippen LogP contribution in [0.5, 0.6) is 5.75 Å². The number of hydrazine groups is 1. The SMILES string of the molecule is COc1ccc(CCC(=O)NNC(=O)c2ccoc2C)cc1. The van der Waals surface area contributed by atoms with Gasteiger partial charge in [-0.1, -0.05) is 12.1 Å². The van der Waals surface area contributed by atoms with Crippen LogP contribution in [-0.2, 0) is 11.2 Å². The fourth-order valence-electron chi connectivity index (χ4n) is 1.93. The molecule has 2 amide bonds. The highest BCUT2D eigenvalue weighted by atomic mass is 16.5. The topological polar surface area (TPSA) is 80.6 Å². The van der Waals surface area contributed by atoms with Crippen LogP contribution in [0.2, 0.25) is 0 Å². The average Bonchev–Trinajstić information content (AvgIpc) is 2.97. The summed E-state index contributed by atoms with van der Waals surface area (Å²) in [7, 11) is 1.60. The van der Waals surface area contributed by atoms with Crippen LogP contribution in [0.3, 0.4) is 0 Å². The Labute approximate surface area is 128 Å². The number of aryl methyl sites for hydroxylation is 2. The lowest BCUT2D eigenvalue weighted by atomic mass is 10.1. The molecule has 2 aromatic rings. The van der Waals surface area contributed by atoms with Gasteiger partial charge in [0.25, 0.3) is 5.91 Å². The van der Waals surface area contributed by atoms with Crippen LogP contribution in [0.4, 0.5) is 0 Å². The molecule has 1 aromatic carbocycles. The number of nitrogens with one attached hydrogen (secondary N) is 2. The first-order valence-corrected chi connectivity index (χ1v) is 6.86. The summed E-state index contributed by atoms with van der Waals surface area (Å²) in [5.74, 6) is 0.621. The van der Waals surface area contributed by atoms with Crippen molar-refractivity contribution in [3.8, 4) is 5.75 Å². The van der Waals surface area contributed by atoms with Crippen molar-refractivity contribution in [1.29, 1.82) is 0 Å². The Morgan fingerprint density at radius 1 is 1.14 bits per heavy atom. The molecule has 1 heterocycles. The minimum atomic E-state index is -0.399. The van der Waals surface area contributed by atoms with Crippen LogP contribution < -0.4 is 15.6 Å². The molecule has 0 aliphatic rings. The first kappa shape index (κ1) is 15.6. The first-order chi connectivity index (χ1) is 10.6. The predicted molar refractivity (Wildman–Crippen MR) is 80.4 cm³/mol. The number of amides is 2. The molecular weight excluding hydrogens is 284 g/mol. The van der Waals surface area contributed by atoms with E-state index in [0.717, 1.165) is 11.3 Å². The molecule has 22 heavy (non-hydrogen) atoms. The standard InChI is InChI=1S/C16H18N2O4/c1-11-14(9-10-22-11)16(20)18-17-15(19)8-5-12-3-6-13(21-2)7-4-12/h3-4,6-7,9-10H,5,8H2,1-2H3,(H,17,19)(H,18,20). The van der Waals surface area contributed by atoms with Crippen LogP contribution in [0, 0.1) is 6.92 Å². The number of furan rings is 1. The van der Waals surface area contributed by atoms with Gasteiger partial charge < -0.3 is 9.15 Å². The van der Waals surface area contributed by atoms with E-state index in [1.165, 1.54) is 6.26 Å². The molecule has 1 aromatic heterocycles. The van der Waals surface area contributed by atoms with Gasteiger partial charge in [0.1, 0.15) is 11.5 Å². The molecule has 0 unspecified atom stereocenters. The van der Waals surface area contributed by atoms with Crippen LogP contribution in [-0.4, -0.2) is 18.9 Å². The monoisotopic (exact) mass is 302 g/mol. The quantitative estimate of drug-likeness (QED) is 0.828. The van der Waals surface area contributed by atoms with Gasteiger partial charge >= 0.3 is 0 Å². The van der Waals surface area contributed by atoms with Crippen molar-refractivity contribution in [2.24, 2.45) is 0 Å². The van der Waals surface area contributed by atoms with Crippen molar-refractivity contribution in [2.45, 2.75) is 19.8 Å². The van der Waals surface area contributed by atoms with E-state index in [-0.39, 0.29) is 12.3 Å². The lowest BCUT2D eigenvalue weighted by Gasteiger charge is -2.07. The third-order valence-corrected chi connectivity index (χ3v) is 3.22. The summed E-state index contributed by atoms with van der Waals surface area (Å²) in [5.41, 5.74) is 6.17. The van der Waals surface area contributed by atoms with Crippen molar-refractivity contribution in [1.82, 2.24) is 10.9 Å². The third kappa shape index (κ3) is 4.12. The number of methoxy groups -OCH3 is 1. The maximum Gasteiger partial charge on any atom is 0.273 e. The fraction of sp³-hybridized carbons (Fsp3) is 0.250. The number of carbonyl (C=O) groups is 2. The van der Waals surface area contributed by atoms with Gasteiger partial charge in [0.15, 0.2) is 0 Å². The number of hydrogen-bond donors (Lipinski definition) is 2. The normalized spacial score (nSPS) is 10.1. The number of ether oxygens (including phenoxy) is 1. The van der Waals surface area contributed by atoms with E-state index in [2.05, 4.69) is 10.9 Å². The molecule has 6 heteroatoms. The zero-order valence-corrected chi connectivity index (χ0v) is 12.5. The first-order valence-electron chi connectivity index (χ1n) is 6.86. The van der Waals surface area contributed by atoms with Gasteiger partial charge in [-0.05, 0) is 37.1 Å². The van der Waals surface area contributed by atoms with E-state index in [4.69, 9.17) is 9.15 Å². The van der Waals surface area contributed by atoms with Gasteiger partial charge in [-0.2, -0.15) is 0 Å². The summed E-state index contributed by atoms with van der Waals surface area (Å²) in [6.45, 7) is 1.68. The molecule has 2 N–H and O–H groups in total. The summed E-state index contributed by atoms with van der Waals surface area (Å²) in [6.07, 6.45) is 2.28. The van der Waals surface area contributed by atoms with E-state index in [0.29, 0.717) is 17.7 Å². The Bertz CT molecular complexity index is 646. The van der Waals surface area contributed by atoms with Crippen molar-refractivity contribution in [3.63, 3.8) is 0 Å². The molecule has 0 spiro atoms. The van der Waals surface area contributed by atoms with E-state index in [9.17, 15) is 9.59 Å². The summed E-state index contributed by atoms with van der Waals surface area (Å²) in [4.78, 5) is 23.5. The Kier molecular flexibility index (Phi) is 5.19. The predicted octanol–water partition coefficient (Wildman–Crippen LogP) is 1.99. The van der Waals surface area contributed by atoms with Gasteiger partial charge in [-0.15, -0.1) is 0 Å². The molecular formula is C16H18N2O4. The molecule has 0 aliphatic carbocycles.